The second kappa shape index (κ2) is 7.62. The monoisotopic (exact) mass is 281 g/mol. The van der Waals surface area contributed by atoms with Gasteiger partial charge in [0.15, 0.2) is 0 Å². The van der Waals surface area contributed by atoms with Crippen LogP contribution in [0, 0.1) is 11.7 Å². The molecule has 0 heterocycles. The number of rotatable bonds is 7. The fraction of sp³-hybridized carbons (Fsp3) is 0.467. The molecular weight excluding hydrogens is 261 g/mol. The second-order valence-electron chi connectivity index (χ2n) is 5.18. The molecule has 0 spiro atoms. The van der Waals surface area contributed by atoms with Crippen LogP contribution in [0.25, 0.3) is 0 Å². The van der Waals surface area contributed by atoms with Gasteiger partial charge >= 0.3 is 5.97 Å². The molecule has 0 aromatic heterocycles. The lowest BCUT2D eigenvalue weighted by Gasteiger charge is -2.24. The van der Waals surface area contributed by atoms with Crippen molar-refractivity contribution in [2.75, 3.05) is 13.1 Å². The molecule has 1 aromatic carbocycles. The maximum atomic E-state index is 12.8. The van der Waals surface area contributed by atoms with Gasteiger partial charge in [-0.25, -0.2) is 4.39 Å². The molecule has 0 aliphatic heterocycles. The van der Waals surface area contributed by atoms with E-state index < -0.39 is 5.97 Å². The maximum Gasteiger partial charge on any atom is 0.305 e. The van der Waals surface area contributed by atoms with Crippen LogP contribution in [0.5, 0.6) is 0 Å². The van der Waals surface area contributed by atoms with E-state index >= 15 is 0 Å². The largest absolute Gasteiger partial charge is 0.481 e. The summed E-state index contributed by atoms with van der Waals surface area (Å²) in [5.41, 5.74) is 0.723. The molecule has 0 radical (unpaired) electrons. The minimum atomic E-state index is -0.923. The Balaban J connectivity index is 2.66. The number of carboxylic acid groups (broad SMARTS) is 1. The SMILES string of the molecule is CC(C)CN(CCC(=O)O)C(=O)Cc1ccc(F)cc1. The number of aliphatic carboxylic acids is 1. The molecule has 0 atom stereocenters. The normalized spacial score (nSPS) is 10.6. The smallest absolute Gasteiger partial charge is 0.305 e. The molecule has 0 fully saturated rings. The summed E-state index contributed by atoms with van der Waals surface area (Å²) in [6.07, 6.45) is 0.0918. The molecule has 0 saturated heterocycles. The average Bonchev–Trinajstić information content (AvgIpc) is 2.36. The molecule has 1 rings (SSSR count). The molecule has 0 unspecified atom stereocenters. The number of carbonyl (C=O) groups excluding carboxylic acids is 1. The minimum absolute atomic E-state index is 0.0676. The molecular formula is C15H20FNO3. The van der Waals surface area contributed by atoms with E-state index in [2.05, 4.69) is 0 Å². The zero-order valence-corrected chi connectivity index (χ0v) is 11.8. The van der Waals surface area contributed by atoms with Gasteiger partial charge in [0.05, 0.1) is 12.8 Å². The lowest BCUT2D eigenvalue weighted by atomic mass is 10.1. The van der Waals surface area contributed by atoms with Crippen molar-refractivity contribution in [3.05, 3.63) is 35.6 Å². The number of benzene rings is 1. The second-order valence-corrected chi connectivity index (χ2v) is 5.18. The van der Waals surface area contributed by atoms with Crippen LogP contribution in [0.1, 0.15) is 25.8 Å². The van der Waals surface area contributed by atoms with Crippen LogP contribution in [0.15, 0.2) is 24.3 Å². The van der Waals surface area contributed by atoms with E-state index in [4.69, 9.17) is 5.11 Å². The summed E-state index contributed by atoms with van der Waals surface area (Å²) in [6, 6.07) is 5.76. The third-order valence-electron chi connectivity index (χ3n) is 2.80. The van der Waals surface area contributed by atoms with E-state index in [0.29, 0.717) is 6.54 Å². The Morgan fingerprint density at radius 2 is 1.85 bits per heavy atom. The molecule has 1 N–H and O–H groups in total. The standard InChI is InChI=1S/C15H20FNO3/c1-11(2)10-17(8-7-15(19)20)14(18)9-12-3-5-13(16)6-4-12/h3-6,11H,7-10H2,1-2H3,(H,19,20). The first-order valence-corrected chi connectivity index (χ1v) is 6.62. The van der Waals surface area contributed by atoms with Crippen molar-refractivity contribution in [2.24, 2.45) is 5.92 Å². The third kappa shape index (κ3) is 5.82. The molecule has 1 amide bonds. The van der Waals surface area contributed by atoms with Crippen molar-refractivity contribution in [2.45, 2.75) is 26.7 Å². The van der Waals surface area contributed by atoms with Crippen LogP contribution < -0.4 is 0 Å². The van der Waals surface area contributed by atoms with E-state index in [0.717, 1.165) is 5.56 Å². The highest BCUT2D eigenvalue weighted by atomic mass is 19.1. The number of nitrogens with zero attached hydrogens (tertiary/aromatic N) is 1. The zero-order chi connectivity index (χ0) is 15.1. The van der Waals surface area contributed by atoms with Crippen LogP contribution >= 0.6 is 0 Å². The molecule has 4 nitrogen and oxygen atoms in total. The highest BCUT2D eigenvalue weighted by Gasteiger charge is 2.16. The Bertz CT molecular complexity index is 457. The van der Waals surface area contributed by atoms with Crippen molar-refractivity contribution in [3.8, 4) is 0 Å². The van der Waals surface area contributed by atoms with Gasteiger partial charge in [-0.2, -0.15) is 0 Å². The van der Waals surface area contributed by atoms with Gasteiger partial charge in [0.2, 0.25) is 5.91 Å². The van der Waals surface area contributed by atoms with Crippen molar-refractivity contribution < 1.29 is 19.1 Å². The number of hydrogen-bond acceptors (Lipinski definition) is 2. The predicted molar refractivity (Wildman–Crippen MR) is 73.8 cm³/mol. The molecule has 5 heteroatoms. The molecule has 20 heavy (non-hydrogen) atoms. The van der Waals surface area contributed by atoms with Gasteiger partial charge in [-0.3, -0.25) is 9.59 Å². The third-order valence-corrected chi connectivity index (χ3v) is 2.80. The van der Waals surface area contributed by atoms with Gasteiger partial charge in [0.1, 0.15) is 5.82 Å². The summed E-state index contributed by atoms with van der Waals surface area (Å²) in [5, 5.41) is 8.72. The molecule has 0 aliphatic rings. The number of carboxylic acids is 1. The fourth-order valence-corrected chi connectivity index (χ4v) is 1.88. The van der Waals surface area contributed by atoms with E-state index in [1.54, 1.807) is 17.0 Å². The Hall–Kier alpha value is -1.91. The Morgan fingerprint density at radius 3 is 2.35 bits per heavy atom. The first kappa shape index (κ1) is 16.1. The number of hydrogen-bond donors (Lipinski definition) is 1. The molecule has 0 bridgehead atoms. The minimum Gasteiger partial charge on any atom is -0.481 e. The Morgan fingerprint density at radius 1 is 1.25 bits per heavy atom. The van der Waals surface area contributed by atoms with Crippen LogP contribution in [0.3, 0.4) is 0 Å². The summed E-state index contributed by atoms with van der Waals surface area (Å²) >= 11 is 0. The summed E-state index contributed by atoms with van der Waals surface area (Å²) < 4.78 is 12.8. The predicted octanol–water partition coefficient (Wildman–Crippen LogP) is 2.33. The quantitative estimate of drug-likeness (QED) is 0.834. The first-order valence-electron chi connectivity index (χ1n) is 6.62. The van der Waals surface area contributed by atoms with Crippen molar-refractivity contribution >= 4 is 11.9 Å². The first-order chi connectivity index (χ1) is 9.38. The highest BCUT2D eigenvalue weighted by Crippen LogP contribution is 2.08. The van der Waals surface area contributed by atoms with Gasteiger partial charge in [-0.05, 0) is 23.6 Å². The van der Waals surface area contributed by atoms with Crippen LogP contribution in [-0.2, 0) is 16.0 Å². The maximum absolute atomic E-state index is 12.8. The van der Waals surface area contributed by atoms with E-state index in [1.165, 1.54) is 12.1 Å². The van der Waals surface area contributed by atoms with Crippen molar-refractivity contribution in [3.63, 3.8) is 0 Å². The van der Waals surface area contributed by atoms with Crippen LogP contribution in [0.2, 0.25) is 0 Å². The Kier molecular flexibility index (Phi) is 6.15. The highest BCUT2D eigenvalue weighted by molar-refractivity contribution is 5.79. The van der Waals surface area contributed by atoms with Crippen LogP contribution in [0.4, 0.5) is 4.39 Å². The lowest BCUT2D eigenvalue weighted by Crippen LogP contribution is -2.37. The molecule has 0 aliphatic carbocycles. The molecule has 1 aromatic rings. The van der Waals surface area contributed by atoms with E-state index in [-0.39, 0.29) is 37.0 Å². The summed E-state index contributed by atoms with van der Waals surface area (Å²) in [7, 11) is 0. The average molecular weight is 281 g/mol. The summed E-state index contributed by atoms with van der Waals surface area (Å²) in [5.74, 6) is -1.13. The summed E-state index contributed by atoms with van der Waals surface area (Å²) in [4.78, 5) is 24.4. The number of carbonyl (C=O) groups is 2. The molecule has 110 valence electrons. The topological polar surface area (TPSA) is 57.6 Å². The van der Waals surface area contributed by atoms with E-state index in [1.807, 2.05) is 13.8 Å². The van der Waals surface area contributed by atoms with Gasteiger partial charge in [0.25, 0.3) is 0 Å². The Labute approximate surface area is 118 Å². The van der Waals surface area contributed by atoms with Gasteiger partial charge in [-0.1, -0.05) is 26.0 Å². The van der Waals surface area contributed by atoms with Gasteiger partial charge in [-0.15, -0.1) is 0 Å². The van der Waals surface area contributed by atoms with Gasteiger partial charge < -0.3 is 10.0 Å². The number of halogens is 1. The van der Waals surface area contributed by atoms with Crippen molar-refractivity contribution in [1.29, 1.82) is 0 Å². The van der Waals surface area contributed by atoms with E-state index in [9.17, 15) is 14.0 Å². The number of amides is 1. The van der Waals surface area contributed by atoms with Gasteiger partial charge in [0, 0.05) is 13.1 Å². The van der Waals surface area contributed by atoms with Crippen molar-refractivity contribution in [1.82, 2.24) is 4.90 Å². The van der Waals surface area contributed by atoms with Crippen LogP contribution in [-0.4, -0.2) is 35.0 Å². The lowest BCUT2D eigenvalue weighted by molar-refractivity contribution is -0.138. The zero-order valence-electron chi connectivity index (χ0n) is 11.8. The molecule has 0 saturated carbocycles. The summed E-state index contributed by atoms with van der Waals surface area (Å²) in [6.45, 7) is 4.67. The fourth-order valence-electron chi connectivity index (χ4n) is 1.88.